The lowest BCUT2D eigenvalue weighted by Crippen LogP contribution is -2.26. The maximum Gasteiger partial charge on any atom is 0.273 e. The number of furan rings is 1. The second kappa shape index (κ2) is 3.96. The minimum Gasteiger partial charge on any atom is -0.440 e. The van der Waals surface area contributed by atoms with E-state index in [1.165, 1.54) is 12.1 Å². The highest BCUT2D eigenvalue weighted by Gasteiger charge is 2.45. The molecular formula is C11H15NO4S. The summed E-state index contributed by atoms with van der Waals surface area (Å²) in [6, 6.07) is 2.62. The lowest BCUT2D eigenvalue weighted by molar-refractivity contribution is 0.109. The molecule has 0 spiro atoms. The molecule has 1 aliphatic carbocycles. The molecule has 1 aromatic heterocycles. The summed E-state index contributed by atoms with van der Waals surface area (Å²) in [7, 11) is -3.63. The summed E-state index contributed by atoms with van der Waals surface area (Å²) >= 11 is 0. The largest absolute Gasteiger partial charge is 0.440 e. The quantitative estimate of drug-likeness (QED) is 0.809. The average Bonchev–Trinajstić information content (AvgIpc) is 2.68. The average molecular weight is 257 g/mol. The SMILES string of the molecule is CC1(C)CC1CNS(=O)(=O)c1ccc(C=O)o1. The molecule has 1 aliphatic rings. The number of nitrogens with one attached hydrogen (secondary N) is 1. The van der Waals surface area contributed by atoms with Crippen LogP contribution in [0.4, 0.5) is 0 Å². The Morgan fingerprint density at radius 2 is 2.18 bits per heavy atom. The fourth-order valence-corrected chi connectivity index (χ4v) is 2.76. The molecule has 1 atom stereocenters. The van der Waals surface area contributed by atoms with E-state index in [1.807, 2.05) is 0 Å². The first kappa shape index (κ1) is 12.3. The van der Waals surface area contributed by atoms with Gasteiger partial charge in [-0.05, 0) is 29.9 Å². The van der Waals surface area contributed by atoms with Crippen molar-refractivity contribution in [2.45, 2.75) is 25.4 Å². The predicted molar refractivity (Wildman–Crippen MR) is 61.2 cm³/mol. The molecule has 0 aliphatic heterocycles. The maximum atomic E-state index is 11.8. The number of rotatable bonds is 5. The van der Waals surface area contributed by atoms with Crippen molar-refractivity contribution in [1.82, 2.24) is 4.72 Å². The first-order valence-electron chi connectivity index (χ1n) is 5.40. The number of carbonyl (C=O) groups excluding carboxylic acids is 1. The Balaban J connectivity index is 2.01. The number of sulfonamides is 1. The number of aldehydes is 1. The van der Waals surface area contributed by atoms with Crippen LogP contribution in [0.15, 0.2) is 21.6 Å². The molecule has 1 fully saturated rings. The molecule has 1 heterocycles. The summed E-state index contributed by atoms with van der Waals surface area (Å²) in [4.78, 5) is 10.4. The van der Waals surface area contributed by atoms with Crippen molar-refractivity contribution in [3.63, 3.8) is 0 Å². The molecule has 1 unspecified atom stereocenters. The number of hydrogen-bond acceptors (Lipinski definition) is 4. The van der Waals surface area contributed by atoms with Gasteiger partial charge < -0.3 is 4.42 Å². The molecule has 1 N–H and O–H groups in total. The van der Waals surface area contributed by atoms with Crippen molar-refractivity contribution in [3.8, 4) is 0 Å². The summed E-state index contributed by atoms with van der Waals surface area (Å²) in [5, 5.41) is -0.210. The van der Waals surface area contributed by atoms with Gasteiger partial charge in [-0.1, -0.05) is 13.8 Å². The van der Waals surface area contributed by atoms with E-state index in [9.17, 15) is 13.2 Å². The van der Waals surface area contributed by atoms with Crippen LogP contribution in [0.1, 0.15) is 30.8 Å². The normalized spacial score (nSPS) is 22.4. The van der Waals surface area contributed by atoms with Crippen molar-refractivity contribution in [2.75, 3.05) is 6.54 Å². The Morgan fingerprint density at radius 3 is 2.65 bits per heavy atom. The van der Waals surface area contributed by atoms with Crippen LogP contribution < -0.4 is 4.72 Å². The molecule has 1 saturated carbocycles. The summed E-state index contributed by atoms with van der Waals surface area (Å²) in [5.74, 6) is 0.384. The molecule has 0 amide bonds. The molecule has 0 saturated heterocycles. The van der Waals surface area contributed by atoms with Crippen molar-refractivity contribution in [2.24, 2.45) is 11.3 Å². The minimum absolute atomic E-state index is 0.0112. The summed E-state index contributed by atoms with van der Waals surface area (Å²) < 4.78 is 30.9. The van der Waals surface area contributed by atoms with Gasteiger partial charge in [0.1, 0.15) is 0 Å². The van der Waals surface area contributed by atoms with Crippen molar-refractivity contribution in [3.05, 3.63) is 17.9 Å². The van der Waals surface area contributed by atoms with Gasteiger partial charge in [-0.3, -0.25) is 4.79 Å². The zero-order valence-corrected chi connectivity index (χ0v) is 10.6. The summed E-state index contributed by atoms with van der Waals surface area (Å²) in [6.07, 6.45) is 1.50. The molecular weight excluding hydrogens is 242 g/mol. The Bertz CT molecular complexity index is 529. The highest BCUT2D eigenvalue weighted by molar-refractivity contribution is 7.89. The molecule has 1 aromatic rings. The van der Waals surface area contributed by atoms with Gasteiger partial charge in [-0.2, -0.15) is 0 Å². The lowest BCUT2D eigenvalue weighted by atomic mass is 10.1. The Morgan fingerprint density at radius 1 is 1.53 bits per heavy atom. The zero-order chi connectivity index (χ0) is 12.7. The standard InChI is InChI=1S/C11H15NO4S/c1-11(2)5-8(11)6-12-17(14,15)10-4-3-9(7-13)16-10/h3-4,7-8,12H,5-6H2,1-2H3. The van der Waals surface area contributed by atoms with Crippen LogP contribution >= 0.6 is 0 Å². The Hall–Kier alpha value is -1.14. The van der Waals surface area contributed by atoms with E-state index in [0.29, 0.717) is 18.7 Å². The fourth-order valence-electron chi connectivity index (χ4n) is 1.75. The third-order valence-corrected chi connectivity index (χ3v) is 4.52. The van der Waals surface area contributed by atoms with Gasteiger partial charge in [0.15, 0.2) is 12.0 Å². The second-order valence-corrected chi connectivity index (χ2v) is 6.71. The van der Waals surface area contributed by atoms with E-state index in [4.69, 9.17) is 4.42 Å². The minimum atomic E-state index is -3.63. The van der Waals surface area contributed by atoms with Gasteiger partial charge in [0.2, 0.25) is 5.09 Å². The highest BCUT2D eigenvalue weighted by atomic mass is 32.2. The van der Waals surface area contributed by atoms with E-state index in [-0.39, 0.29) is 16.3 Å². The van der Waals surface area contributed by atoms with E-state index >= 15 is 0 Å². The second-order valence-electron chi connectivity index (χ2n) is 5.02. The van der Waals surface area contributed by atoms with E-state index in [0.717, 1.165) is 6.42 Å². The number of carbonyl (C=O) groups is 1. The van der Waals surface area contributed by atoms with E-state index in [1.54, 1.807) is 0 Å². The van der Waals surface area contributed by atoms with Crippen molar-refractivity contribution in [1.29, 1.82) is 0 Å². The molecule has 5 nitrogen and oxygen atoms in total. The van der Waals surface area contributed by atoms with Crippen LogP contribution in [-0.4, -0.2) is 21.2 Å². The van der Waals surface area contributed by atoms with Gasteiger partial charge in [-0.25, -0.2) is 13.1 Å². The fraction of sp³-hybridized carbons (Fsp3) is 0.545. The zero-order valence-electron chi connectivity index (χ0n) is 9.76. The van der Waals surface area contributed by atoms with Crippen LogP contribution in [0.2, 0.25) is 0 Å². The topological polar surface area (TPSA) is 76.4 Å². The summed E-state index contributed by atoms with van der Waals surface area (Å²) in [6.45, 7) is 4.61. The smallest absolute Gasteiger partial charge is 0.273 e. The van der Waals surface area contributed by atoms with E-state index in [2.05, 4.69) is 18.6 Å². The van der Waals surface area contributed by atoms with Gasteiger partial charge in [0, 0.05) is 6.54 Å². The molecule has 0 bridgehead atoms. The van der Waals surface area contributed by atoms with Crippen LogP contribution in [0, 0.1) is 11.3 Å². The number of hydrogen-bond donors (Lipinski definition) is 1. The van der Waals surface area contributed by atoms with E-state index < -0.39 is 10.0 Å². The van der Waals surface area contributed by atoms with Crippen LogP contribution in [0.25, 0.3) is 0 Å². The van der Waals surface area contributed by atoms with Crippen molar-refractivity contribution < 1.29 is 17.6 Å². The summed E-state index contributed by atoms with van der Waals surface area (Å²) in [5.41, 5.74) is 0.222. The van der Waals surface area contributed by atoms with Crippen LogP contribution in [0.3, 0.4) is 0 Å². The third kappa shape index (κ3) is 2.58. The Kier molecular flexibility index (Phi) is 2.87. The van der Waals surface area contributed by atoms with Gasteiger partial charge >= 0.3 is 0 Å². The monoisotopic (exact) mass is 257 g/mol. The van der Waals surface area contributed by atoms with Crippen LogP contribution in [-0.2, 0) is 10.0 Å². The highest BCUT2D eigenvalue weighted by Crippen LogP contribution is 2.51. The van der Waals surface area contributed by atoms with Gasteiger partial charge in [0.05, 0.1) is 0 Å². The first-order chi connectivity index (χ1) is 7.85. The first-order valence-corrected chi connectivity index (χ1v) is 6.88. The molecule has 0 radical (unpaired) electrons. The predicted octanol–water partition coefficient (Wildman–Crippen LogP) is 1.42. The third-order valence-electron chi connectivity index (χ3n) is 3.22. The molecule has 17 heavy (non-hydrogen) atoms. The molecule has 2 rings (SSSR count). The molecule has 94 valence electrons. The molecule has 0 aromatic carbocycles. The Labute approximate surface area is 100 Å². The van der Waals surface area contributed by atoms with Crippen LogP contribution in [0.5, 0.6) is 0 Å². The molecule has 6 heteroatoms. The maximum absolute atomic E-state index is 11.8. The van der Waals surface area contributed by atoms with Gasteiger partial charge in [0.25, 0.3) is 10.0 Å². The van der Waals surface area contributed by atoms with Crippen molar-refractivity contribution >= 4 is 16.3 Å². The van der Waals surface area contributed by atoms with Gasteiger partial charge in [-0.15, -0.1) is 0 Å². The lowest BCUT2D eigenvalue weighted by Gasteiger charge is -2.05.